The summed E-state index contributed by atoms with van der Waals surface area (Å²) in [7, 11) is 0. The molecular formula is C16H16N4O2S. The zero-order valence-corrected chi connectivity index (χ0v) is 13.4. The molecule has 0 spiro atoms. The zero-order valence-electron chi connectivity index (χ0n) is 12.5. The molecule has 0 fully saturated rings. The Morgan fingerprint density at radius 1 is 1.39 bits per heavy atom. The third-order valence-corrected chi connectivity index (χ3v) is 4.26. The fourth-order valence-electron chi connectivity index (χ4n) is 2.44. The Hall–Kier alpha value is -2.67. The van der Waals surface area contributed by atoms with Gasteiger partial charge in [-0.15, -0.1) is 11.3 Å². The lowest BCUT2D eigenvalue weighted by Crippen LogP contribution is -2.20. The van der Waals surface area contributed by atoms with E-state index in [1.807, 2.05) is 42.6 Å². The predicted molar refractivity (Wildman–Crippen MR) is 89.1 cm³/mol. The number of rotatable bonds is 6. The molecule has 7 heteroatoms. The van der Waals surface area contributed by atoms with Crippen LogP contribution in [-0.2, 0) is 9.53 Å². The Labute approximate surface area is 137 Å². The molecule has 2 heterocycles. The summed E-state index contributed by atoms with van der Waals surface area (Å²) >= 11 is 1.47. The second-order valence-corrected chi connectivity index (χ2v) is 5.75. The second-order valence-electron chi connectivity index (χ2n) is 5.03. The number of ether oxygens (including phenoxy) is 1. The molecule has 0 radical (unpaired) electrons. The summed E-state index contributed by atoms with van der Waals surface area (Å²) in [5, 5.41) is 6.55. The van der Waals surface area contributed by atoms with E-state index in [0.717, 1.165) is 22.5 Å². The molecule has 0 saturated carbocycles. The molecule has 118 valence electrons. The van der Waals surface area contributed by atoms with Crippen LogP contribution in [0.15, 0.2) is 41.2 Å². The highest BCUT2D eigenvalue weighted by Gasteiger charge is 2.23. The highest BCUT2D eigenvalue weighted by atomic mass is 32.1. The molecule has 3 rings (SSSR count). The van der Waals surface area contributed by atoms with Gasteiger partial charge in [0.1, 0.15) is 18.5 Å². The van der Waals surface area contributed by atoms with E-state index < -0.39 is 0 Å². The van der Waals surface area contributed by atoms with E-state index in [-0.39, 0.29) is 12.6 Å². The number of thiazole rings is 1. The summed E-state index contributed by atoms with van der Waals surface area (Å²) in [4.78, 5) is 14.9. The maximum absolute atomic E-state index is 10.6. The van der Waals surface area contributed by atoms with Crippen molar-refractivity contribution >= 4 is 23.6 Å². The third-order valence-electron chi connectivity index (χ3n) is 3.65. The summed E-state index contributed by atoms with van der Waals surface area (Å²) in [5.74, 6) is 0.538. The monoisotopic (exact) mass is 328 g/mol. The number of hydrogen-bond acceptors (Lipinski definition) is 6. The van der Waals surface area contributed by atoms with E-state index in [4.69, 9.17) is 10.5 Å². The lowest BCUT2D eigenvalue weighted by Gasteiger charge is -2.15. The zero-order chi connectivity index (χ0) is 16.2. The van der Waals surface area contributed by atoms with Gasteiger partial charge in [-0.1, -0.05) is 30.3 Å². The SMILES string of the molecule is Cc1c(-c2ccccc2)nn(C(COC=O)c2cscn2)c1N. The first kappa shape index (κ1) is 15.2. The Morgan fingerprint density at radius 3 is 2.83 bits per heavy atom. The Balaban J connectivity index is 2.05. The molecule has 0 aliphatic rings. The number of anilines is 1. The summed E-state index contributed by atoms with van der Waals surface area (Å²) < 4.78 is 6.63. The van der Waals surface area contributed by atoms with Gasteiger partial charge < -0.3 is 10.5 Å². The van der Waals surface area contributed by atoms with Crippen LogP contribution in [0.3, 0.4) is 0 Å². The minimum absolute atomic E-state index is 0.132. The highest BCUT2D eigenvalue weighted by Crippen LogP contribution is 2.30. The van der Waals surface area contributed by atoms with Crippen LogP contribution in [0.25, 0.3) is 11.3 Å². The maximum Gasteiger partial charge on any atom is 0.293 e. The first-order valence-corrected chi connectivity index (χ1v) is 8.00. The van der Waals surface area contributed by atoms with Gasteiger partial charge in [0.2, 0.25) is 0 Å². The molecule has 1 atom stereocenters. The third kappa shape index (κ3) is 2.95. The van der Waals surface area contributed by atoms with Crippen LogP contribution in [-0.4, -0.2) is 27.8 Å². The number of carbonyl (C=O) groups is 1. The summed E-state index contributed by atoms with van der Waals surface area (Å²) in [5.41, 5.74) is 11.4. The lowest BCUT2D eigenvalue weighted by atomic mass is 10.1. The number of benzene rings is 1. The molecule has 0 aliphatic carbocycles. The van der Waals surface area contributed by atoms with Gasteiger partial charge in [0.25, 0.3) is 6.47 Å². The first-order chi connectivity index (χ1) is 11.2. The van der Waals surface area contributed by atoms with Crippen LogP contribution in [0.5, 0.6) is 0 Å². The smallest absolute Gasteiger partial charge is 0.293 e. The largest absolute Gasteiger partial charge is 0.465 e. The van der Waals surface area contributed by atoms with Crippen LogP contribution in [0.2, 0.25) is 0 Å². The van der Waals surface area contributed by atoms with Gasteiger partial charge in [-0.25, -0.2) is 9.67 Å². The van der Waals surface area contributed by atoms with Crippen LogP contribution in [0.1, 0.15) is 17.3 Å². The van der Waals surface area contributed by atoms with Crippen molar-refractivity contribution in [3.63, 3.8) is 0 Å². The Morgan fingerprint density at radius 2 is 2.17 bits per heavy atom. The topological polar surface area (TPSA) is 83.0 Å². The van der Waals surface area contributed by atoms with Gasteiger partial charge in [0.05, 0.1) is 16.9 Å². The number of carbonyl (C=O) groups excluding carboxylic acids is 1. The quantitative estimate of drug-likeness (QED) is 0.703. The summed E-state index contributed by atoms with van der Waals surface area (Å²) in [6.45, 7) is 2.48. The van der Waals surface area contributed by atoms with E-state index >= 15 is 0 Å². The summed E-state index contributed by atoms with van der Waals surface area (Å²) in [6.07, 6.45) is 0. The molecule has 3 aromatic rings. The number of nitrogens with zero attached hydrogens (tertiary/aromatic N) is 3. The first-order valence-electron chi connectivity index (χ1n) is 7.05. The van der Waals surface area contributed by atoms with Gasteiger partial charge in [-0.2, -0.15) is 5.10 Å². The van der Waals surface area contributed by atoms with Crippen molar-refractivity contribution in [3.05, 3.63) is 52.5 Å². The van der Waals surface area contributed by atoms with E-state index in [9.17, 15) is 4.79 Å². The van der Waals surface area contributed by atoms with Crippen molar-refractivity contribution in [2.24, 2.45) is 0 Å². The molecule has 0 aliphatic heterocycles. The van der Waals surface area contributed by atoms with Crippen molar-refractivity contribution in [2.45, 2.75) is 13.0 Å². The molecule has 6 nitrogen and oxygen atoms in total. The van der Waals surface area contributed by atoms with Gasteiger partial charge >= 0.3 is 0 Å². The fraction of sp³-hybridized carbons (Fsp3) is 0.188. The number of nitrogen functional groups attached to an aromatic ring is 1. The van der Waals surface area contributed by atoms with Gasteiger partial charge in [0.15, 0.2) is 0 Å². The van der Waals surface area contributed by atoms with Gasteiger partial charge in [0, 0.05) is 16.5 Å². The van der Waals surface area contributed by atoms with E-state index in [0.29, 0.717) is 12.3 Å². The molecular weight excluding hydrogens is 312 g/mol. The second kappa shape index (κ2) is 6.62. The lowest BCUT2D eigenvalue weighted by molar-refractivity contribution is -0.129. The molecule has 0 bridgehead atoms. The molecule has 2 N–H and O–H groups in total. The van der Waals surface area contributed by atoms with Crippen LogP contribution >= 0.6 is 11.3 Å². The molecule has 2 aromatic heterocycles. The Kier molecular flexibility index (Phi) is 4.38. The van der Waals surface area contributed by atoms with Gasteiger partial charge in [-0.05, 0) is 6.92 Å². The van der Waals surface area contributed by atoms with E-state index in [1.165, 1.54) is 11.3 Å². The normalized spacial score (nSPS) is 12.0. The number of aromatic nitrogens is 3. The van der Waals surface area contributed by atoms with Crippen molar-refractivity contribution < 1.29 is 9.53 Å². The number of nitrogens with two attached hydrogens (primary N) is 1. The molecule has 0 saturated heterocycles. The fourth-order valence-corrected chi connectivity index (χ4v) is 3.04. The molecule has 1 unspecified atom stereocenters. The van der Waals surface area contributed by atoms with Gasteiger partial charge in [-0.3, -0.25) is 4.79 Å². The van der Waals surface area contributed by atoms with Crippen LogP contribution < -0.4 is 5.73 Å². The van der Waals surface area contributed by atoms with Crippen LogP contribution in [0, 0.1) is 6.92 Å². The van der Waals surface area contributed by atoms with E-state index in [2.05, 4.69) is 10.1 Å². The van der Waals surface area contributed by atoms with E-state index in [1.54, 1.807) is 10.2 Å². The van der Waals surface area contributed by atoms with Crippen molar-refractivity contribution in [1.82, 2.24) is 14.8 Å². The van der Waals surface area contributed by atoms with Crippen molar-refractivity contribution in [2.75, 3.05) is 12.3 Å². The Bertz CT molecular complexity index is 784. The minimum atomic E-state index is -0.345. The molecule has 1 aromatic carbocycles. The predicted octanol–water partition coefficient (Wildman–Crippen LogP) is 2.66. The molecule has 0 amide bonds. The van der Waals surface area contributed by atoms with Crippen molar-refractivity contribution in [3.8, 4) is 11.3 Å². The maximum atomic E-state index is 10.6. The highest BCUT2D eigenvalue weighted by molar-refractivity contribution is 7.07. The summed E-state index contributed by atoms with van der Waals surface area (Å²) in [6, 6.07) is 9.49. The standard InChI is InChI=1S/C16H16N4O2S/c1-11-15(12-5-3-2-4-6-12)19-20(16(11)17)14(7-22-10-21)13-8-23-9-18-13/h2-6,8-10,14H,7,17H2,1H3. The number of hydrogen-bond donors (Lipinski definition) is 1. The average molecular weight is 328 g/mol. The van der Waals surface area contributed by atoms with Crippen LogP contribution in [0.4, 0.5) is 5.82 Å². The van der Waals surface area contributed by atoms with Crippen molar-refractivity contribution in [1.29, 1.82) is 0 Å². The minimum Gasteiger partial charge on any atom is -0.465 e. The average Bonchev–Trinajstić information content (AvgIpc) is 3.20. The molecule has 23 heavy (non-hydrogen) atoms.